The van der Waals surface area contributed by atoms with E-state index in [0.717, 1.165) is 11.2 Å². The lowest BCUT2D eigenvalue weighted by molar-refractivity contribution is -0.143. The van der Waals surface area contributed by atoms with Crippen molar-refractivity contribution >= 4 is 24.1 Å². The average Bonchev–Trinajstić information content (AvgIpc) is 2.74. The molecule has 1 aromatic carbocycles. The highest BCUT2D eigenvalue weighted by Crippen LogP contribution is 2.36. The van der Waals surface area contributed by atoms with Gasteiger partial charge in [-0.15, -0.1) is 0 Å². The number of aliphatic carboxylic acids is 1. The minimum absolute atomic E-state index is 0.0347. The molecule has 0 bridgehead atoms. The number of halogens is 6. The van der Waals surface area contributed by atoms with Crippen LogP contribution in [0.25, 0.3) is 5.57 Å². The summed E-state index contributed by atoms with van der Waals surface area (Å²) in [4.78, 5) is 18.9. The van der Waals surface area contributed by atoms with Crippen LogP contribution >= 0.6 is 0 Å². The second kappa shape index (κ2) is 9.71. The number of amidine groups is 1. The topological polar surface area (TPSA) is 87.4 Å². The molecular weight excluding hydrogens is 458 g/mol. The van der Waals surface area contributed by atoms with E-state index < -0.39 is 40.8 Å². The Morgan fingerprint density at radius 1 is 1.09 bits per heavy atom. The molecule has 0 fully saturated rings. The van der Waals surface area contributed by atoms with Gasteiger partial charge in [0.05, 0.1) is 23.8 Å². The lowest BCUT2D eigenvalue weighted by Crippen LogP contribution is -2.15. The predicted octanol–water partition coefficient (Wildman–Crippen LogP) is 4.55. The number of nitrogens with zero attached hydrogens (tertiary/aromatic N) is 4. The van der Waals surface area contributed by atoms with Crippen LogP contribution in [0, 0.1) is 0 Å². The maximum atomic E-state index is 13.1. The van der Waals surface area contributed by atoms with Gasteiger partial charge in [0.15, 0.2) is 5.84 Å². The maximum Gasteiger partial charge on any atom is 0.416 e. The van der Waals surface area contributed by atoms with Gasteiger partial charge in [0.2, 0.25) is 5.88 Å². The Kier molecular flexibility index (Phi) is 7.46. The van der Waals surface area contributed by atoms with Gasteiger partial charge in [-0.25, -0.2) is 14.8 Å². The van der Waals surface area contributed by atoms with Crippen molar-refractivity contribution in [3.63, 3.8) is 0 Å². The lowest BCUT2D eigenvalue weighted by Gasteiger charge is -2.15. The van der Waals surface area contributed by atoms with Crippen LogP contribution in [0.1, 0.15) is 22.3 Å². The van der Waals surface area contributed by atoms with Crippen LogP contribution in [0.2, 0.25) is 0 Å². The monoisotopic (exact) mass is 474 g/mol. The highest BCUT2D eigenvalue weighted by molar-refractivity contribution is 6.15. The van der Waals surface area contributed by atoms with Crippen molar-refractivity contribution in [2.45, 2.75) is 12.4 Å². The quantitative estimate of drug-likeness (QED) is 0.218. The third-order valence-corrected chi connectivity index (χ3v) is 4.05. The first-order valence-corrected chi connectivity index (χ1v) is 8.79. The number of aliphatic imine (C=N–C) groups is 1. The van der Waals surface area contributed by atoms with Crippen molar-refractivity contribution in [1.82, 2.24) is 9.99 Å². The highest BCUT2D eigenvalue weighted by atomic mass is 19.4. The summed E-state index contributed by atoms with van der Waals surface area (Å²) in [6.45, 7) is 3.13. The fourth-order valence-corrected chi connectivity index (χ4v) is 2.54. The molecule has 33 heavy (non-hydrogen) atoms. The van der Waals surface area contributed by atoms with Gasteiger partial charge in [0.1, 0.15) is 0 Å². The van der Waals surface area contributed by atoms with Crippen molar-refractivity contribution < 1.29 is 41.0 Å². The molecule has 2 rings (SSSR count). The van der Waals surface area contributed by atoms with Crippen molar-refractivity contribution in [2.75, 3.05) is 14.2 Å². The van der Waals surface area contributed by atoms with Crippen LogP contribution in [0.15, 0.2) is 52.8 Å². The summed E-state index contributed by atoms with van der Waals surface area (Å²) in [5.74, 6) is -1.77. The first kappa shape index (κ1) is 25.4. The zero-order chi connectivity index (χ0) is 25.0. The first-order chi connectivity index (χ1) is 15.3. The van der Waals surface area contributed by atoms with Crippen molar-refractivity contribution in [3.8, 4) is 5.88 Å². The van der Waals surface area contributed by atoms with E-state index in [2.05, 4.69) is 21.8 Å². The summed E-state index contributed by atoms with van der Waals surface area (Å²) in [5, 5.41) is 14.1. The van der Waals surface area contributed by atoms with Crippen LogP contribution in [-0.4, -0.2) is 47.8 Å². The van der Waals surface area contributed by atoms with E-state index >= 15 is 0 Å². The number of ether oxygens (including phenoxy) is 1. The molecule has 0 atom stereocenters. The molecule has 0 radical (unpaired) electrons. The largest absolute Gasteiger partial charge is 0.481 e. The summed E-state index contributed by atoms with van der Waals surface area (Å²) in [6, 6.07) is 3.62. The number of pyridine rings is 1. The van der Waals surface area contributed by atoms with E-state index in [1.807, 2.05) is 0 Å². The maximum absolute atomic E-state index is 13.1. The van der Waals surface area contributed by atoms with E-state index in [-0.39, 0.29) is 23.1 Å². The van der Waals surface area contributed by atoms with E-state index in [4.69, 9.17) is 4.74 Å². The third kappa shape index (κ3) is 6.54. The minimum Gasteiger partial charge on any atom is -0.481 e. The molecule has 176 valence electrons. The number of alkyl halides is 6. The Morgan fingerprint density at radius 3 is 2.06 bits per heavy atom. The van der Waals surface area contributed by atoms with Crippen LogP contribution in [-0.2, 0) is 17.1 Å². The number of hydrogen-bond acceptors (Lipinski definition) is 5. The van der Waals surface area contributed by atoms with Gasteiger partial charge in [-0.1, -0.05) is 0 Å². The van der Waals surface area contributed by atoms with E-state index in [1.165, 1.54) is 32.5 Å². The Hall–Kier alpha value is -3.90. The number of methoxy groups -OCH3 is 1. The van der Waals surface area contributed by atoms with E-state index in [9.17, 15) is 36.2 Å². The lowest BCUT2D eigenvalue weighted by atomic mass is 10.0. The highest BCUT2D eigenvalue weighted by Gasteiger charge is 2.37. The predicted molar refractivity (Wildman–Crippen MR) is 107 cm³/mol. The molecule has 0 saturated heterocycles. The summed E-state index contributed by atoms with van der Waals surface area (Å²) < 4.78 is 83.6. The molecule has 13 heteroatoms. The molecule has 7 nitrogen and oxygen atoms in total. The van der Waals surface area contributed by atoms with Crippen molar-refractivity contribution in [2.24, 2.45) is 10.1 Å². The molecule has 0 amide bonds. The molecule has 0 aliphatic heterocycles. The van der Waals surface area contributed by atoms with Gasteiger partial charge < -0.3 is 9.84 Å². The average molecular weight is 474 g/mol. The minimum atomic E-state index is -5.06. The summed E-state index contributed by atoms with van der Waals surface area (Å²) >= 11 is 0. The van der Waals surface area contributed by atoms with E-state index in [0.29, 0.717) is 12.1 Å². The second-order valence-electron chi connectivity index (χ2n) is 6.39. The Balaban J connectivity index is 2.54. The SMILES string of the molecule is C=N/C(=N\N(C)/C=C(/C(=O)O)c1ccc(OC)nc1)c1cc(C(F)(F)F)cc(C(F)(F)F)c1. The number of carboxylic acids is 1. The van der Waals surface area contributed by atoms with E-state index in [1.54, 1.807) is 0 Å². The van der Waals surface area contributed by atoms with Crippen LogP contribution in [0.4, 0.5) is 26.3 Å². The molecular formula is C20H16F6N4O3. The number of rotatable bonds is 6. The number of benzene rings is 1. The molecule has 2 aromatic rings. The smallest absolute Gasteiger partial charge is 0.416 e. The second-order valence-corrected chi connectivity index (χ2v) is 6.39. The van der Waals surface area contributed by atoms with Gasteiger partial charge in [-0.05, 0) is 31.0 Å². The zero-order valence-corrected chi connectivity index (χ0v) is 17.1. The van der Waals surface area contributed by atoms with Crippen molar-refractivity contribution in [3.05, 3.63) is 65.0 Å². The number of carboxylic acid groups (broad SMARTS) is 1. The van der Waals surface area contributed by atoms with Gasteiger partial charge in [0.25, 0.3) is 0 Å². The van der Waals surface area contributed by atoms with Crippen LogP contribution in [0.5, 0.6) is 5.88 Å². The van der Waals surface area contributed by atoms with Gasteiger partial charge in [-0.2, -0.15) is 31.4 Å². The van der Waals surface area contributed by atoms with Gasteiger partial charge >= 0.3 is 18.3 Å². The van der Waals surface area contributed by atoms with Crippen LogP contribution < -0.4 is 4.74 Å². The number of hydrogen-bond donors (Lipinski definition) is 1. The normalized spacial score (nSPS) is 13.0. The number of hydrazone groups is 1. The molecule has 1 aromatic heterocycles. The van der Waals surface area contributed by atoms with Crippen LogP contribution in [0.3, 0.4) is 0 Å². The summed E-state index contributed by atoms with van der Waals surface area (Å²) in [5.41, 5.74) is -3.91. The Labute approximate surface area is 183 Å². The molecule has 0 spiro atoms. The molecule has 0 aliphatic carbocycles. The molecule has 0 saturated carbocycles. The number of aromatic nitrogens is 1. The molecule has 1 heterocycles. The van der Waals surface area contributed by atoms with Gasteiger partial charge in [0, 0.05) is 36.6 Å². The Morgan fingerprint density at radius 2 is 1.67 bits per heavy atom. The third-order valence-electron chi connectivity index (χ3n) is 4.05. The first-order valence-electron chi connectivity index (χ1n) is 8.79. The summed E-state index contributed by atoms with van der Waals surface area (Å²) in [7, 11) is 2.57. The van der Waals surface area contributed by atoms with Crippen molar-refractivity contribution in [1.29, 1.82) is 0 Å². The summed E-state index contributed by atoms with van der Waals surface area (Å²) in [6.07, 6.45) is -7.95. The molecule has 1 N–H and O–H groups in total. The standard InChI is InChI=1S/C20H16F6N4O3/c1-27-17(12-6-13(19(21,22)23)8-14(7-12)20(24,25)26)29-30(2)10-15(18(31)32)11-4-5-16(33-3)28-9-11/h4-10H,1H2,2-3H3,(H,31,32)/b15-10+,29-17-. The zero-order valence-electron chi connectivity index (χ0n) is 17.1. The number of carbonyl (C=O) groups is 1. The fourth-order valence-electron chi connectivity index (χ4n) is 2.54. The molecule has 0 aliphatic rings. The molecule has 0 unspecified atom stereocenters. The van der Waals surface area contributed by atoms with Gasteiger partial charge in [-0.3, -0.25) is 5.01 Å². The Bertz CT molecular complexity index is 1060. The fraction of sp³-hybridized carbons (Fsp3) is 0.200.